The number of carbonyl (C=O) groups excluding carboxylic acids is 3. The van der Waals surface area contributed by atoms with E-state index >= 15 is 0 Å². The molecule has 6 nitrogen and oxygen atoms in total. The molecular formula is C31H25ClFN3O3S. The molecule has 2 aliphatic rings. The first-order valence-electron chi connectivity index (χ1n) is 12.9. The van der Waals surface area contributed by atoms with Crippen molar-refractivity contribution < 1.29 is 18.8 Å². The quantitative estimate of drug-likeness (QED) is 0.203. The first-order valence-corrected chi connectivity index (χ1v) is 14.1. The summed E-state index contributed by atoms with van der Waals surface area (Å²) in [6, 6.07) is 19.9. The molecule has 1 fully saturated rings. The van der Waals surface area contributed by atoms with Gasteiger partial charge in [-0.1, -0.05) is 23.7 Å². The number of thiophene rings is 1. The molecule has 3 heterocycles. The minimum atomic E-state index is -0.425. The lowest BCUT2D eigenvalue weighted by molar-refractivity contribution is 0.0927. The Morgan fingerprint density at radius 3 is 2.08 bits per heavy atom. The number of piperazine rings is 1. The molecule has 0 saturated carbocycles. The van der Waals surface area contributed by atoms with Crippen LogP contribution in [0.25, 0.3) is 0 Å². The molecule has 2 aliphatic heterocycles. The lowest BCUT2D eigenvalue weighted by Crippen LogP contribution is -2.46. The molecule has 9 heteroatoms. The summed E-state index contributed by atoms with van der Waals surface area (Å²) in [7, 11) is 0. The SMILES string of the molecule is Cc1sc(N2C(=O)c3ccccc3C2=O)c(C(=O)c2ccc(Cl)cc2)c1CN1CCN(c2ccc(F)cc2)CC1. The van der Waals surface area contributed by atoms with E-state index in [0.717, 1.165) is 47.2 Å². The second kappa shape index (κ2) is 10.6. The molecule has 40 heavy (non-hydrogen) atoms. The zero-order chi connectivity index (χ0) is 28.0. The van der Waals surface area contributed by atoms with Crippen LogP contribution in [0.5, 0.6) is 0 Å². The Morgan fingerprint density at radius 2 is 1.48 bits per heavy atom. The van der Waals surface area contributed by atoms with Crippen LogP contribution in [0.4, 0.5) is 15.1 Å². The van der Waals surface area contributed by atoms with Gasteiger partial charge in [0.05, 0.1) is 16.7 Å². The molecule has 0 unspecified atom stereocenters. The largest absolute Gasteiger partial charge is 0.369 e. The van der Waals surface area contributed by atoms with Crippen molar-refractivity contribution in [3.63, 3.8) is 0 Å². The van der Waals surface area contributed by atoms with Crippen LogP contribution in [-0.4, -0.2) is 48.7 Å². The van der Waals surface area contributed by atoms with Crippen molar-refractivity contribution in [2.75, 3.05) is 36.0 Å². The number of nitrogens with zero attached hydrogens (tertiary/aromatic N) is 3. The van der Waals surface area contributed by atoms with Crippen LogP contribution in [0.15, 0.2) is 72.8 Å². The van der Waals surface area contributed by atoms with Crippen molar-refractivity contribution in [2.45, 2.75) is 13.5 Å². The van der Waals surface area contributed by atoms with Gasteiger partial charge in [0.25, 0.3) is 11.8 Å². The standard InChI is InChI=1S/C31H25ClFN3O3S/c1-19-26(18-34-14-16-35(17-15-34)23-12-10-22(33)11-13-23)27(28(37)20-6-8-21(32)9-7-20)31(40-19)36-29(38)24-4-2-3-5-25(24)30(36)39/h2-13H,14-18H2,1H3. The van der Waals surface area contributed by atoms with Crippen LogP contribution in [0.1, 0.15) is 47.1 Å². The van der Waals surface area contributed by atoms with Gasteiger partial charge in [-0.25, -0.2) is 9.29 Å². The Kier molecular flexibility index (Phi) is 7.00. The van der Waals surface area contributed by atoms with Gasteiger partial charge in [0.1, 0.15) is 10.8 Å². The summed E-state index contributed by atoms with van der Waals surface area (Å²) >= 11 is 7.37. The summed E-state index contributed by atoms with van der Waals surface area (Å²) in [6.07, 6.45) is 0. The summed E-state index contributed by atoms with van der Waals surface area (Å²) in [4.78, 5) is 47.3. The number of hydrogen-bond acceptors (Lipinski definition) is 6. The van der Waals surface area contributed by atoms with Crippen molar-refractivity contribution in [3.8, 4) is 0 Å². The molecule has 202 valence electrons. The van der Waals surface area contributed by atoms with Gasteiger partial charge in [0.2, 0.25) is 0 Å². The van der Waals surface area contributed by atoms with Crippen LogP contribution < -0.4 is 9.80 Å². The third-order valence-corrected chi connectivity index (χ3v) is 8.85. The smallest absolute Gasteiger partial charge is 0.266 e. The second-order valence-electron chi connectivity index (χ2n) is 9.88. The van der Waals surface area contributed by atoms with Crippen LogP contribution >= 0.6 is 22.9 Å². The predicted octanol–water partition coefficient (Wildman–Crippen LogP) is 6.20. The summed E-state index contributed by atoms with van der Waals surface area (Å²) < 4.78 is 13.4. The Labute approximate surface area is 240 Å². The van der Waals surface area contributed by atoms with E-state index < -0.39 is 11.8 Å². The molecule has 6 rings (SSSR count). The van der Waals surface area contributed by atoms with Crippen molar-refractivity contribution in [1.82, 2.24) is 4.90 Å². The van der Waals surface area contributed by atoms with Gasteiger partial charge in [-0.05, 0) is 73.2 Å². The highest BCUT2D eigenvalue weighted by Crippen LogP contribution is 2.41. The Bertz CT molecular complexity index is 1590. The number of hydrogen-bond donors (Lipinski definition) is 0. The Balaban J connectivity index is 1.34. The Hall–Kier alpha value is -3.85. The van der Waals surface area contributed by atoms with Crippen molar-refractivity contribution >= 4 is 51.2 Å². The summed E-state index contributed by atoms with van der Waals surface area (Å²) in [6.45, 7) is 5.40. The number of halogens is 2. The minimum Gasteiger partial charge on any atom is -0.369 e. The molecule has 1 saturated heterocycles. The first-order chi connectivity index (χ1) is 19.3. The molecule has 0 atom stereocenters. The number of anilines is 2. The van der Waals surface area contributed by atoms with Crippen molar-refractivity contribution in [1.29, 1.82) is 0 Å². The minimum absolute atomic E-state index is 0.257. The van der Waals surface area contributed by atoms with Gasteiger partial charge in [-0.2, -0.15) is 0 Å². The van der Waals surface area contributed by atoms with Gasteiger partial charge in [0.15, 0.2) is 5.78 Å². The van der Waals surface area contributed by atoms with E-state index in [9.17, 15) is 18.8 Å². The van der Waals surface area contributed by atoms with E-state index in [1.54, 1.807) is 60.7 Å². The number of rotatable bonds is 6. The lowest BCUT2D eigenvalue weighted by Gasteiger charge is -2.36. The number of fused-ring (bicyclic) bond motifs is 1. The molecule has 3 aromatic carbocycles. The number of aryl methyl sites for hydroxylation is 1. The normalized spacial score (nSPS) is 15.6. The Morgan fingerprint density at radius 1 is 0.875 bits per heavy atom. The molecule has 0 N–H and O–H groups in total. The van der Waals surface area contributed by atoms with E-state index in [1.807, 2.05) is 6.92 Å². The lowest BCUT2D eigenvalue weighted by atomic mass is 9.99. The highest BCUT2D eigenvalue weighted by molar-refractivity contribution is 7.17. The van der Waals surface area contributed by atoms with Gasteiger partial charge in [-0.3, -0.25) is 19.3 Å². The van der Waals surface area contributed by atoms with E-state index in [1.165, 1.54) is 23.5 Å². The third kappa shape index (κ3) is 4.72. The maximum Gasteiger partial charge on any atom is 0.266 e. The summed E-state index contributed by atoms with van der Waals surface area (Å²) in [5.41, 5.74) is 3.26. The predicted molar refractivity (Wildman–Crippen MR) is 155 cm³/mol. The van der Waals surface area contributed by atoms with Crippen LogP contribution in [0.2, 0.25) is 5.02 Å². The first kappa shape index (κ1) is 26.4. The monoisotopic (exact) mass is 573 g/mol. The number of ketones is 1. The van der Waals surface area contributed by atoms with Crippen LogP contribution in [0, 0.1) is 12.7 Å². The van der Waals surface area contributed by atoms with Crippen LogP contribution in [0.3, 0.4) is 0 Å². The summed E-state index contributed by atoms with van der Waals surface area (Å²) in [5, 5.41) is 0.862. The zero-order valence-electron chi connectivity index (χ0n) is 21.7. The van der Waals surface area contributed by atoms with E-state index in [2.05, 4.69) is 9.80 Å². The zero-order valence-corrected chi connectivity index (χ0v) is 23.3. The van der Waals surface area contributed by atoms with E-state index in [4.69, 9.17) is 11.6 Å². The number of imide groups is 1. The van der Waals surface area contributed by atoms with Gasteiger partial charge >= 0.3 is 0 Å². The van der Waals surface area contributed by atoms with Crippen molar-refractivity contribution in [2.24, 2.45) is 0 Å². The molecule has 0 radical (unpaired) electrons. The van der Waals surface area contributed by atoms with E-state index in [-0.39, 0.29) is 11.6 Å². The number of amides is 2. The van der Waals surface area contributed by atoms with Gasteiger partial charge in [0, 0.05) is 53.9 Å². The third-order valence-electron chi connectivity index (χ3n) is 7.47. The highest BCUT2D eigenvalue weighted by atomic mass is 35.5. The fourth-order valence-corrected chi connectivity index (χ4v) is 6.58. The molecule has 0 aliphatic carbocycles. The molecule has 0 bridgehead atoms. The van der Waals surface area contributed by atoms with Crippen LogP contribution in [-0.2, 0) is 6.54 Å². The molecule has 1 aromatic heterocycles. The van der Waals surface area contributed by atoms with E-state index in [0.29, 0.717) is 38.8 Å². The summed E-state index contributed by atoms with van der Waals surface area (Å²) in [5.74, 6) is -1.37. The fourth-order valence-electron chi connectivity index (χ4n) is 5.30. The maximum absolute atomic E-state index is 14.0. The average Bonchev–Trinajstić information content (AvgIpc) is 3.41. The number of carbonyl (C=O) groups is 3. The maximum atomic E-state index is 14.0. The molecule has 4 aromatic rings. The highest BCUT2D eigenvalue weighted by Gasteiger charge is 2.40. The molecule has 2 amide bonds. The second-order valence-corrected chi connectivity index (χ2v) is 11.5. The average molecular weight is 574 g/mol. The van der Waals surface area contributed by atoms with Gasteiger partial charge < -0.3 is 4.90 Å². The van der Waals surface area contributed by atoms with Crippen molar-refractivity contribution in [3.05, 3.63) is 116 Å². The van der Waals surface area contributed by atoms with Gasteiger partial charge in [-0.15, -0.1) is 11.3 Å². The topological polar surface area (TPSA) is 60.9 Å². The fraction of sp³-hybridized carbons (Fsp3) is 0.194. The molecule has 0 spiro atoms. The number of benzene rings is 3. The molecular weight excluding hydrogens is 549 g/mol.